The lowest BCUT2D eigenvalue weighted by Gasteiger charge is -2.31. The molecule has 0 radical (unpaired) electrons. The van der Waals surface area contributed by atoms with Crippen LogP contribution in [0.25, 0.3) is 0 Å². The van der Waals surface area contributed by atoms with Crippen molar-refractivity contribution in [3.8, 4) is 5.75 Å². The SMILES string of the molecule is COc1ccc(CN(C)c2ncnc3c2CCN3[C@@H]2C[C@H](CCCCCN(CCc3ccccc3)C(=O)OC(C)(C)C)[C@H]3OC(C)(C)O[C@H]32)cc1. The van der Waals surface area contributed by atoms with Crippen LogP contribution in [-0.4, -0.2) is 84.4 Å². The summed E-state index contributed by atoms with van der Waals surface area (Å²) in [5, 5.41) is 0. The van der Waals surface area contributed by atoms with Crippen molar-refractivity contribution in [2.24, 2.45) is 5.92 Å². The van der Waals surface area contributed by atoms with Gasteiger partial charge in [-0.15, -0.1) is 0 Å². The van der Waals surface area contributed by atoms with E-state index in [2.05, 4.69) is 41.1 Å². The molecule has 0 bridgehead atoms. The van der Waals surface area contributed by atoms with Gasteiger partial charge in [-0.2, -0.15) is 0 Å². The fourth-order valence-corrected chi connectivity index (χ4v) is 7.99. The second kappa shape index (κ2) is 15.8. The van der Waals surface area contributed by atoms with Gasteiger partial charge in [0.05, 0.1) is 19.3 Å². The summed E-state index contributed by atoms with van der Waals surface area (Å²) in [5.41, 5.74) is 3.10. The number of nitrogens with zero attached hydrogens (tertiary/aromatic N) is 5. The minimum absolute atomic E-state index is 0.00737. The van der Waals surface area contributed by atoms with Crippen LogP contribution in [0.15, 0.2) is 60.9 Å². The molecule has 1 aliphatic carbocycles. The van der Waals surface area contributed by atoms with Gasteiger partial charge in [-0.25, -0.2) is 14.8 Å². The zero-order valence-corrected chi connectivity index (χ0v) is 31.6. The highest BCUT2D eigenvalue weighted by Gasteiger charge is 2.56. The number of carbonyl (C=O) groups is 1. The van der Waals surface area contributed by atoms with Crippen molar-refractivity contribution in [3.63, 3.8) is 0 Å². The third-order valence-corrected chi connectivity index (χ3v) is 10.3. The lowest BCUT2D eigenvalue weighted by atomic mass is 9.97. The van der Waals surface area contributed by atoms with Crippen molar-refractivity contribution >= 4 is 17.7 Å². The molecular weight excluding hydrogens is 642 g/mol. The number of anilines is 2. The topological polar surface area (TPSA) is 89.5 Å². The van der Waals surface area contributed by atoms with Crippen LogP contribution in [-0.2, 0) is 33.6 Å². The van der Waals surface area contributed by atoms with Gasteiger partial charge in [0, 0.05) is 38.8 Å². The van der Waals surface area contributed by atoms with Gasteiger partial charge in [-0.05, 0) is 95.9 Å². The molecule has 1 saturated heterocycles. The fraction of sp³-hybridized carbons (Fsp3) is 0.585. The molecule has 3 aromatic rings. The second-order valence-electron chi connectivity index (χ2n) is 15.8. The molecular formula is C41H57N5O5. The van der Waals surface area contributed by atoms with Crippen LogP contribution in [0, 0.1) is 5.92 Å². The Morgan fingerprint density at radius 3 is 2.43 bits per heavy atom. The maximum atomic E-state index is 13.1. The molecule has 2 aromatic carbocycles. The van der Waals surface area contributed by atoms with Gasteiger partial charge in [0.1, 0.15) is 35.4 Å². The van der Waals surface area contributed by atoms with Crippen LogP contribution < -0.4 is 14.5 Å². The van der Waals surface area contributed by atoms with E-state index in [-0.39, 0.29) is 24.3 Å². The molecule has 4 atom stereocenters. The van der Waals surface area contributed by atoms with Crippen LogP contribution in [0.4, 0.5) is 16.4 Å². The molecule has 51 heavy (non-hydrogen) atoms. The van der Waals surface area contributed by atoms with Crippen molar-refractivity contribution in [2.75, 3.05) is 43.6 Å². The maximum Gasteiger partial charge on any atom is 0.410 e. The first-order valence-electron chi connectivity index (χ1n) is 18.7. The van der Waals surface area contributed by atoms with Crippen LogP contribution >= 0.6 is 0 Å². The Hall–Kier alpha value is -3.89. The standard InChI is InChI=1S/C41H57N5O5/c1-40(2,3)51-39(47)45(24-21-29-14-10-8-11-15-29)23-13-9-12-16-31-26-34(36-35(31)49-41(4,5)50-36)46-25-22-33-37(42-28-43-38(33)46)44(6)27-30-17-19-32(48-7)20-18-30/h8,10-11,14-15,17-20,28,31,34-36H,9,12-13,16,21-27H2,1-7H3/t31-,34+,35+,36-/m0/s1. The van der Waals surface area contributed by atoms with Gasteiger partial charge < -0.3 is 33.6 Å². The maximum absolute atomic E-state index is 13.1. The van der Waals surface area contributed by atoms with E-state index < -0.39 is 11.4 Å². The average molecular weight is 700 g/mol. The molecule has 1 amide bonds. The van der Waals surface area contributed by atoms with Crippen LogP contribution in [0.1, 0.15) is 83.4 Å². The van der Waals surface area contributed by atoms with Crippen molar-refractivity contribution in [1.29, 1.82) is 0 Å². The Bertz CT molecular complexity index is 1590. The normalized spacial score (nSPS) is 22.1. The molecule has 2 fully saturated rings. The Kier molecular flexibility index (Phi) is 11.4. The number of hydrogen-bond donors (Lipinski definition) is 0. The number of amides is 1. The van der Waals surface area contributed by atoms with Gasteiger partial charge in [-0.3, -0.25) is 0 Å². The van der Waals surface area contributed by atoms with E-state index in [9.17, 15) is 4.79 Å². The van der Waals surface area contributed by atoms with E-state index in [1.54, 1.807) is 13.4 Å². The van der Waals surface area contributed by atoms with E-state index in [0.29, 0.717) is 19.0 Å². The van der Waals surface area contributed by atoms with E-state index in [1.165, 1.54) is 16.7 Å². The zero-order chi connectivity index (χ0) is 36.2. The highest BCUT2D eigenvalue weighted by molar-refractivity contribution is 5.68. The smallest absolute Gasteiger partial charge is 0.410 e. The first kappa shape index (κ1) is 36.9. The van der Waals surface area contributed by atoms with Crippen molar-refractivity contribution in [3.05, 3.63) is 77.6 Å². The highest BCUT2D eigenvalue weighted by atomic mass is 16.8. The minimum Gasteiger partial charge on any atom is -0.497 e. The third kappa shape index (κ3) is 9.13. The number of methoxy groups -OCH3 is 1. The molecule has 0 unspecified atom stereocenters. The van der Waals surface area contributed by atoms with Crippen LogP contribution in [0.3, 0.4) is 0 Å². The summed E-state index contributed by atoms with van der Waals surface area (Å²) in [4.78, 5) is 29.3. The molecule has 10 heteroatoms. The Morgan fingerprint density at radius 1 is 0.961 bits per heavy atom. The predicted octanol–water partition coefficient (Wildman–Crippen LogP) is 7.43. The first-order chi connectivity index (χ1) is 24.4. The largest absolute Gasteiger partial charge is 0.497 e. The minimum atomic E-state index is -0.614. The fourth-order valence-electron chi connectivity index (χ4n) is 7.99. The van der Waals surface area contributed by atoms with Crippen LogP contribution in [0.5, 0.6) is 5.75 Å². The molecule has 1 saturated carbocycles. The van der Waals surface area contributed by atoms with E-state index in [4.69, 9.17) is 28.9 Å². The van der Waals surface area contributed by atoms with Gasteiger partial charge in [0.15, 0.2) is 5.79 Å². The summed E-state index contributed by atoms with van der Waals surface area (Å²) in [6.07, 6.45) is 8.35. The molecule has 1 aromatic heterocycles. The lowest BCUT2D eigenvalue weighted by Crippen LogP contribution is -2.43. The van der Waals surface area contributed by atoms with Gasteiger partial charge in [0.2, 0.25) is 0 Å². The predicted molar refractivity (Wildman–Crippen MR) is 200 cm³/mol. The van der Waals surface area contributed by atoms with Gasteiger partial charge in [0.25, 0.3) is 0 Å². The monoisotopic (exact) mass is 699 g/mol. The Morgan fingerprint density at radius 2 is 1.71 bits per heavy atom. The number of carbonyl (C=O) groups excluding carboxylic acids is 1. The second-order valence-corrected chi connectivity index (χ2v) is 15.8. The summed E-state index contributed by atoms with van der Waals surface area (Å²) in [6, 6.07) is 18.7. The zero-order valence-electron chi connectivity index (χ0n) is 31.6. The molecule has 0 N–H and O–H groups in total. The lowest BCUT2D eigenvalue weighted by molar-refractivity contribution is -0.158. The van der Waals surface area contributed by atoms with E-state index in [0.717, 1.165) is 75.4 Å². The first-order valence-corrected chi connectivity index (χ1v) is 18.7. The van der Waals surface area contributed by atoms with Gasteiger partial charge in [-0.1, -0.05) is 55.3 Å². The number of benzene rings is 2. The molecule has 0 spiro atoms. The summed E-state index contributed by atoms with van der Waals surface area (Å²) in [6.45, 7) is 12.8. The molecule has 3 aliphatic rings. The quantitative estimate of drug-likeness (QED) is 0.159. The van der Waals surface area contributed by atoms with Crippen molar-refractivity contribution < 1.29 is 23.7 Å². The van der Waals surface area contributed by atoms with Crippen molar-refractivity contribution in [1.82, 2.24) is 14.9 Å². The summed E-state index contributed by atoms with van der Waals surface area (Å²) < 4.78 is 24.3. The molecule has 10 nitrogen and oxygen atoms in total. The molecule has 2 aliphatic heterocycles. The highest BCUT2D eigenvalue weighted by Crippen LogP contribution is 2.47. The number of rotatable bonds is 14. The average Bonchev–Trinajstić information content (AvgIpc) is 3.76. The third-order valence-electron chi connectivity index (χ3n) is 10.3. The van der Waals surface area contributed by atoms with E-state index >= 15 is 0 Å². The Labute approximate surface area is 304 Å². The Balaban J connectivity index is 1.06. The summed E-state index contributed by atoms with van der Waals surface area (Å²) >= 11 is 0. The number of aromatic nitrogens is 2. The van der Waals surface area contributed by atoms with Crippen LogP contribution in [0.2, 0.25) is 0 Å². The summed E-state index contributed by atoms with van der Waals surface area (Å²) in [5.74, 6) is 2.64. The molecule has 276 valence electrons. The van der Waals surface area contributed by atoms with Crippen molar-refractivity contribution in [2.45, 2.75) is 116 Å². The summed E-state index contributed by atoms with van der Waals surface area (Å²) in [7, 11) is 3.79. The number of hydrogen-bond acceptors (Lipinski definition) is 9. The molecule has 3 heterocycles. The number of ether oxygens (including phenoxy) is 4. The number of unbranched alkanes of at least 4 members (excludes halogenated alkanes) is 2. The molecule has 6 rings (SSSR count). The van der Waals surface area contributed by atoms with E-state index in [1.807, 2.05) is 69.9 Å². The number of fused-ring (bicyclic) bond motifs is 2. The van der Waals surface area contributed by atoms with Gasteiger partial charge >= 0.3 is 6.09 Å².